The number of amides is 1. The predicted octanol–water partition coefficient (Wildman–Crippen LogP) is 4.51. The molecule has 9 nitrogen and oxygen atoms in total. The molecule has 0 spiro atoms. The van der Waals surface area contributed by atoms with E-state index in [2.05, 4.69) is 24.5 Å². The number of benzene rings is 2. The lowest BCUT2D eigenvalue weighted by Crippen LogP contribution is -2.43. The lowest BCUT2D eigenvalue weighted by Gasteiger charge is -2.37. The third-order valence-corrected chi connectivity index (χ3v) is 7.27. The molecule has 37 heavy (non-hydrogen) atoms. The van der Waals surface area contributed by atoms with Gasteiger partial charge in [-0.15, -0.1) is 0 Å². The number of fused-ring (bicyclic) bond motifs is 1. The number of hydrogen-bond acceptors (Lipinski definition) is 7. The van der Waals surface area contributed by atoms with Crippen LogP contribution in [0.2, 0.25) is 0 Å². The van der Waals surface area contributed by atoms with Crippen molar-refractivity contribution >= 4 is 28.8 Å². The Balaban J connectivity index is 1.60. The number of carbonyl (C=O) groups excluding carboxylic acids is 2. The zero-order valence-electron chi connectivity index (χ0n) is 21.2. The highest BCUT2D eigenvalue weighted by molar-refractivity contribution is 6.02. The van der Waals surface area contributed by atoms with Crippen molar-refractivity contribution in [2.75, 3.05) is 29.9 Å². The first-order valence-electron chi connectivity index (χ1n) is 12.7. The molecule has 0 saturated carbocycles. The van der Waals surface area contributed by atoms with Gasteiger partial charge in [-0.2, -0.15) is 0 Å². The largest absolute Gasteiger partial charge is 0.376 e. The third-order valence-electron chi connectivity index (χ3n) is 7.27. The maximum Gasteiger partial charge on any atom is 0.269 e. The molecule has 2 unspecified atom stereocenters. The Morgan fingerprint density at radius 1 is 1.22 bits per heavy atom. The number of anilines is 2. The van der Waals surface area contributed by atoms with Crippen LogP contribution in [0.5, 0.6) is 0 Å². The van der Waals surface area contributed by atoms with Crippen LogP contribution in [0.15, 0.2) is 59.8 Å². The van der Waals surface area contributed by atoms with E-state index in [1.165, 1.54) is 12.1 Å². The van der Waals surface area contributed by atoms with Crippen molar-refractivity contribution in [3.63, 3.8) is 0 Å². The van der Waals surface area contributed by atoms with E-state index in [-0.39, 0.29) is 35.4 Å². The van der Waals surface area contributed by atoms with Gasteiger partial charge < -0.3 is 20.3 Å². The van der Waals surface area contributed by atoms with Gasteiger partial charge in [0.2, 0.25) is 5.91 Å². The quantitative estimate of drug-likeness (QED) is 0.440. The van der Waals surface area contributed by atoms with E-state index in [4.69, 9.17) is 4.74 Å². The Kier molecular flexibility index (Phi) is 6.72. The van der Waals surface area contributed by atoms with Gasteiger partial charge in [0.25, 0.3) is 5.69 Å². The maximum absolute atomic E-state index is 13.7. The van der Waals surface area contributed by atoms with Crippen LogP contribution in [-0.4, -0.2) is 42.4 Å². The molecule has 9 heteroatoms. The highest BCUT2D eigenvalue weighted by Gasteiger charge is 2.42. The van der Waals surface area contributed by atoms with Crippen LogP contribution in [0.25, 0.3) is 0 Å². The van der Waals surface area contributed by atoms with E-state index >= 15 is 0 Å². The van der Waals surface area contributed by atoms with Crippen LogP contribution >= 0.6 is 0 Å². The number of Topliss-reactive ketones (excluding diaryl/α,β-unsaturated/α-hetero) is 1. The molecule has 2 N–H and O–H groups in total. The number of non-ortho nitro benzene ring substituents is 1. The number of para-hydroxylation sites is 2. The average Bonchev–Trinajstić information content (AvgIpc) is 3.33. The van der Waals surface area contributed by atoms with Crippen LogP contribution in [0.1, 0.15) is 51.1 Å². The Bertz CT molecular complexity index is 1260. The minimum atomic E-state index is -0.664. The number of ketones is 1. The molecule has 194 valence electrons. The SMILES string of the molecule is CC1(C)CC(=O)C2=C(C1)Nc1ccccc1N(CC(=O)NCC1CCCO1)C2c1cccc([N+](=O)[O-])c1. The minimum Gasteiger partial charge on any atom is -0.376 e. The Morgan fingerprint density at radius 2 is 2.03 bits per heavy atom. The number of nitrogens with one attached hydrogen (secondary N) is 2. The van der Waals surface area contributed by atoms with Gasteiger partial charge >= 0.3 is 0 Å². The van der Waals surface area contributed by atoms with Crippen molar-refractivity contribution in [1.29, 1.82) is 0 Å². The summed E-state index contributed by atoms with van der Waals surface area (Å²) in [6.45, 7) is 5.23. The molecule has 0 radical (unpaired) electrons. The number of nitrogens with zero attached hydrogens (tertiary/aromatic N) is 2. The topological polar surface area (TPSA) is 114 Å². The van der Waals surface area contributed by atoms with Gasteiger partial charge in [0.15, 0.2) is 5.78 Å². The summed E-state index contributed by atoms with van der Waals surface area (Å²) in [5.41, 5.74) is 3.21. The predicted molar refractivity (Wildman–Crippen MR) is 140 cm³/mol. The van der Waals surface area contributed by atoms with E-state index in [0.29, 0.717) is 37.1 Å². The van der Waals surface area contributed by atoms with Crippen molar-refractivity contribution in [3.8, 4) is 0 Å². The molecule has 1 amide bonds. The van der Waals surface area contributed by atoms with Gasteiger partial charge in [0.05, 0.1) is 35.0 Å². The normalized spacial score (nSPS) is 22.5. The molecule has 2 heterocycles. The number of hydrogen-bond donors (Lipinski definition) is 2. The van der Waals surface area contributed by atoms with Crippen molar-refractivity contribution in [1.82, 2.24) is 5.32 Å². The zero-order valence-corrected chi connectivity index (χ0v) is 21.2. The van der Waals surface area contributed by atoms with E-state index in [9.17, 15) is 19.7 Å². The zero-order chi connectivity index (χ0) is 26.2. The first kappa shape index (κ1) is 25.0. The van der Waals surface area contributed by atoms with Gasteiger partial charge in [0.1, 0.15) is 0 Å². The number of allylic oxidation sites excluding steroid dienone is 1. The molecule has 1 aliphatic carbocycles. The molecule has 2 aliphatic heterocycles. The van der Waals surface area contributed by atoms with Gasteiger partial charge in [-0.25, -0.2) is 0 Å². The standard InChI is InChI=1S/C28H32N4O5/c1-28(2)14-22-26(24(33)15-28)27(18-7-5-8-19(13-18)32(35)36)31(23-11-4-3-10-21(23)30-22)17-25(34)29-16-20-9-6-12-37-20/h3-5,7-8,10-11,13,20,27,30H,6,9,12,14-17H2,1-2H3,(H,29,34). The second-order valence-corrected chi connectivity index (χ2v) is 10.8. The van der Waals surface area contributed by atoms with Crippen molar-refractivity contribution in [2.24, 2.45) is 5.41 Å². The first-order valence-corrected chi connectivity index (χ1v) is 12.7. The number of nitro groups is 1. The summed E-state index contributed by atoms with van der Waals surface area (Å²) >= 11 is 0. The Labute approximate surface area is 216 Å². The second kappa shape index (κ2) is 9.97. The average molecular weight is 505 g/mol. The third kappa shape index (κ3) is 5.22. The molecule has 3 aliphatic rings. The molecule has 2 atom stereocenters. The summed E-state index contributed by atoms with van der Waals surface area (Å²) in [5, 5.41) is 18.1. The number of nitro benzene ring substituents is 1. The summed E-state index contributed by atoms with van der Waals surface area (Å²) in [6, 6.07) is 13.3. The van der Waals surface area contributed by atoms with E-state index in [1.54, 1.807) is 12.1 Å². The maximum atomic E-state index is 13.7. The van der Waals surface area contributed by atoms with E-state index < -0.39 is 11.0 Å². The van der Waals surface area contributed by atoms with Gasteiger partial charge in [-0.3, -0.25) is 19.7 Å². The fourth-order valence-corrected chi connectivity index (χ4v) is 5.63. The van der Waals surface area contributed by atoms with Crippen molar-refractivity contribution in [2.45, 2.75) is 51.7 Å². The summed E-state index contributed by atoms with van der Waals surface area (Å²) in [4.78, 5) is 40.0. The van der Waals surface area contributed by atoms with E-state index in [1.807, 2.05) is 29.2 Å². The van der Waals surface area contributed by atoms with Gasteiger partial charge in [-0.1, -0.05) is 38.1 Å². The summed E-state index contributed by atoms with van der Waals surface area (Å²) in [5.74, 6) is -0.221. The van der Waals surface area contributed by atoms with E-state index in [0.717, 1.165) is 29.9 Å². The molecular formula is C28H32N4O5. The number of rotatable bonds is 6. The molecule has 0 bridgehead atoms. The smallest absolute Gasteiger partial charge is 0.269 e. The summed E-state index contributed by atoms with van der Waals surface area (Å²) in [7, 11) is 0. The van der Waals surface area contributed by atoms with Crippen LogP contribution in [0, 0.1) is 15.5 Å². The molecule has 2 aromatic rings. The highest BCUT2D eigenvalue weighted by atomic mass is 16.6. The molecule has 1 saturated heterocycles. The highest BCUT2D eigenvalue weighted by Crippen LogP contribution is 2.48. The minimum absolute atomic E-state index is 0.00562. The van der Waals surface area contributed by atoms with Crippen molar-refractivity contribution in [3.05, 3.63) is 75.5 Å². The lowest BCUT2D eigenvalue weighted by molar-refractivity contribution is -0.384. The summed E-state index contributed by atoms with van der Waals surface area (Å²) < 4.78 is 5.65. The molecule has 2 aromatic carbocycles. The molecule has 1 fully saturated rings. The van der Waals surface area contributed by atoms with Crippen molar-refractivity contribution < 1.29 is 19.2 Å². The van der Waals surface area contributed by atoms with Crippen LogP contribution in [0.3, 0.4) is 0 Å². The summed E-state index contributed by atoms with van der Waals surface area (Å²) in [6.07, 6.45) is 2.90. The monoisotopic (exact) mass is 504 g/mol. The van der Waals surface area contributed by atoms with Crippen LogP contribution in [0.4, 0.5) is 17.1 Å². The molecule has 0 aromatic heterocycles. The van der Waals surface area contributed by atoms with Gasteiger partial charge in [-0.05, 0) is 42.4 Å². The molecule has 5 rings (SSSR count). The Hall–Kier alpha value is -3.72. The van der Waals surface area contributed by atoms with Crippen LogP contribution in [-0.2, 0) is 14.3 Å². The fourth-order valence-electron chi connectivity index (χ4n) is 5.63. The lowest BCUT2D eigenvalue weighted by atomic mass is 9.73. The number of carbonyl (C=O) groups is 2. The fraction of sp³-hybridized carbons (Fsp3) is 0.429. The number of ether oxygens (including phenoxy) is 1. The Morgan fingerprint density at radius 3 is 2.78 bits per heavy atom. The first-order chi connectivity index (χ1) is 17.7. The molecular weight excluding hydrogens is 472 g/mol. The van der Waals surface area contributed by atoms with Gasteiger partial charge in [0, 0.05) is 43.0 Å². The second-order valence-electron chi connectivity index (χ2n) is 10.8. The van der Waals surface area contributed by atoms with Crippen LogP contribution < -0.4 is 15.5 Å².